The van der Waals surface area contributed by atoms with Gasteiger partial charge in [-0.2, -0.15) is 0 Å². The van der Waals surface area contributed by atoms with Gasteiger partial charge in [-0.3, -0.25) is 0 Å². The first-order chi connectivity index (χ1) is 11.2. The van der Waals surface area contributed by atoms with E-state index in [-0.39, 0.29) is 5.97 Å². The minimum absolute atomic E-state index is 0.314. The molecule has 4 heteroatoms. The highest BCUT2D eigenvalue weighted by molar-refractivity contribution is 5.90. The van der Waals surface area contributed by atoms with E-state index in [9.17, 15) is 9.59 Å². The van der Waals surface area contributed by atoms with Gasteiger partial charge < -0.3 is 9.47 Å². The zero-order valence-corrected chi connectivity index (χ0v) is 13.8. The van der Waals surface area contributed by atoms with Gasteiger partial charge in [0.05, 0.1) is 19.3 Å². The summed E-state index contributed by atoms with van der Waals surface area (Å²) in [5.74, 6) is -0.727. The summed E-state index contributed by atoms with van der Waals surface area (Å²) in [6.07, 6.45) is 9.44. The Labute approximate surface area is 138 Å². The second-order valence-electron chi connectivity index (χ2n) is 5.24. The van der Waals surface area contributed by atoms with Gasteiger partial charge in [0, 0.05) is 6.08 Å². The zero-order valence-electron chi connectivity index (χ0n) is 13.8. The number of carbonyl (C=O) groups excluding carboxylic acids is 2. The Hall–Kier alpha value is -2.10. The number of ether oxygens (including phenoxy) is 2. The number of hydrogen-bond acceptors (Lipinski definition) is 4. The van der Waals surface area contributed by atoms with E-state index in [0.29, 0.717) is 12.2 Å². The van der Waals surface area contributed by atoms with Gasteiger partial charge in [0.15, 0.2) is 0 Å². The molecule has 4 nitrogen and oxygen atoms in total. The highest BCUT2D eigenvalue weighted by Gasteiger charge is 2.06. The molecule has 0 unspecified atom stereocenters. The number of esters is 2. The Bertz CT molecular complexity index is 503. The van der Waals surface area contributed by atoms with Crippen LogP contribution in [0.3, 0.4) is 0 Å². The number of carbonyl (C=O) groups is 2. The number of methoxy groups -OCH3 is 1. The Morgan fingerprint density at radius 1 is 1.04 bits per heavy atom. The van der Waals surface area contributed by atoms with Gasteiger partial charge in [0.25, 0.3) is 0 Å². The molecule has 0 saturated heterocycles. The van der Waals surface area contributed by atoms with Crippen molar-refractivity contribution in [1.29, 1.82) is 0 Å². The molecule has 0 aliphatic heterocycles. The van der Waals surface area contributed by atoms with Crippen LogP contribution in [0.25, 0.3) is 6.08 Å². The van der Waals surface area contributed by atoms with E-state index in [2.05, 4.69) is 11.7 Å². The molecule has 0 aromatic heterocycles. The van der Waals surface area contributed by atoms with Gasteiger partial charge in [0.2, 0.25) is 0 Å². The van der Waals surface area contributed by atoms with Gasteiger partial charge in [-0.25, -0.2) is 9.59 Å². The first-order valence-electron chi connectivity index (χ1n) is 8.00. The smallest absolute Gasteiger partial charge is 0.338 e. The lowest BCUT2D eigenvalue weighted by Crippen LogP contribution is -2.06. The van der Waals surface area contributed by atoms with Gasteiger partial charge in [0.1, 0.15) is 0 Å². The van der Waals surface area contributed by atoms with E-state index in [0.717, 1.165) is 37.7 Å². The monoisotopic (exact) mass is 317 g/mol. The summed E-state index contributed by atoms with van der Waals surface area (Å²) in [7, 11) is 1.33. The standard InChI is InChI=1S/C19H25O4/c1-3-4-5-6-7-8-15-23-19(21)17-12-9-16(10-13-17)11-14-18(20)22-2/h9-14H,1,3-8,15H2,2H3/b14-11+. The van der Waals surface area contributed by atoms with Crippen molar-refractivity contribution in [1.82, 2.24) is 0 Å². The van der Waals surface area contributed by atoms with Crippen LogP contribution < -0.4 is 0 Å². The molecule has 0 fully saturated rings. The molecular weight excluding hydrogens is 292 g/mol. The molecule has 0 heterocycles. The predicted octanol–water partition coefficient (Wildman–Crippen LogP) is 4.20. The summed E-state index contributed by atoms with van der Waals surface area (Å²) in [4.78, 5) is 22.9. The van der Waals surface area contributed by atoms with Crippen LogP contribution in [0, 0.1) is 6.92 Å². The summed E-state index contributed by atoms with van der Waals surface area (Å²) in [6, 6.07) is 6.89. The van der Waals surface area contributed by atoms with E-state index >= 15 is 0 Å². The summed E-state index contributed by atoms with van der Waals surface area (Å²) in [6.45, 7) is 4.26. The van der Waals surface area contributed by atoms with Crippen LogP contribution in [-0.2, 0) is 14.3 Å². The van der Waals surface area contributed by atoms with E-state index in [4.69, 9.17) is 4.74 Å². The fourth-order valence-electron chi connectivity index (χ4n) is 2.02. The number of unbranched alkanes of at least 4 members (excludes halogenated alkanes) is 5. The second-order valence-corrected chi connectivity index (χ2v) is 5.24. The van der Waals surface area contributed by atoms with Crippen LogP contribution in [0.5, 0.6) is 0 Å². The molecule has 1 rings (SSSR count). The Morgan fingerprint density at radius 2 is 1.70 bits per heavy atom. The van der Waals surface area contributed by atoms with Gasteiger partial charge >= 0.3 is 11.9 Å². The second kappa shape index (κ2) is 11.5. The average molecular weight is 317 g/mol. The van der Waals surface area contributed by atoms with E-state index in [1.165, 1.54) is 19.6 Å². The molecule has 0 bridgehead atoms. The van der Waals surface area contributed by atoms with Crippen molar-refractivity contribution in [3.8, 4) is 0 Å². The third kappa shape index (κ3) is 8.19. The Morgan fingerprint density at radius 3 is 2.35 bits per heavy atom. The largest absolute Gasteiger partial charge is 0.466 e. The van der Waals surface area contributed by atoms with E-state index in [1.54, 1.807) is 30.3 Å². The molecule has 0 N–H and O–H groups in total. The minimum Gasteiger partial charge on any atom is -0.466 e. The molecule has 125 valence electrons. The average Bonchev–Trinajstić information content (AvgIpc) is 2.59. The van der Waals surface area contributed by atoms with Crippen LogP contribution in [0.4, 0.5) is 0 Å². The quantitative estimate of drug-likeness (QED) is 0.368. The van der Waals surface area contributed by atoms with E-state index < -0.39 is 5.97 Å². The zero-order chi connectivity index (χ0) is 16.9. The molecule has 0 aliphatic carbocycles. The molecular formula is C19H25O4. The summed E-state index contributed by atoms with van der Waals surface area (Å²) in [5, 5.41) is 0. The summed E-state index contributed by atoms with van der Waals surface area (Å²) < 4.78 is 9.76. The van der Waals surface area contributed by atoms with Gasteiger partial charge in [-0.05, 0) is 30.2 Å². The maximum Gasteiger partial charge on any atom is 0.338 e. The summed E-state index contributed by atoms with van der Waals surface area (Å²) in [5.41, 5.74) is 1.33. The summed E-state index contributed by atoms with van der Waals surface area (Å²) >= 11 is 0. The Kier molecular flexibility index (Phi) is 9.45. The number of hydrogen-bond donors (Lipinski definition) is 0. The molecule has 0 spiro atoms. The van der Waals surface area contributed by atoms with Gasteiger partial charge in [-0.15, -0.1) is 0 Å². The van der Waals surface area contributed by atoms with Crippen LogP contribution in [-0.4, -0.2) is 25.7 Å². The maximum atomic E-state index is 11.9. The molecule has 1 aromatic carbocycles. The van der Waals surface area contributed by atoms with Crippen LogP contribution in [0.2, 0.25) is 0 Å². The topological polar surface area (TPSA) is 52.6 Å². The fraction of sp³-hybridized carbons (Fsp3) is 0.421. The Balaban J connectivity index is 2.31. The minimum atomic E-state index is -0.413. The fourth-order valence-corrected chi connectivity index (χ4v) is 2.02. The molecule has 1 aromatic rings. The van der Waals surface area contributed by atoms with Crippen molar-refractivity contribution < 1.29 is 19.1 Å². The first kappa shape index (κ1) is 18.9. The first-order valence-corrected chi connectivity index (χ1v) is 8.00. The van der Waals surface area contributed by atoms with Crippen molar-refractivity contribution >= 4 is 18.0 Å². The highest BCUT2D eigenvalue weighted by Crippen LogP contribution is 2.09. The highest BCUT2D eigenvalue weighted by atomic mass is 16.5. The third-order valence-electron chi connectivity index (χ3n) is 3.39. The van der Waals surface area contributed by atoms with Crippen molar-refractivity contribution in [3.05, 3.63) is 48.4 Å². The van der Waals surface area contributed by atoms with Gasteiger partial charge in [-0.1, -0.05) is 51.2 Å². The molecule has 0 saturated carbocycles. The molecule has 0 atom stereocenters. The lowest BCUT2D eigenvalue weighted by molar-refractivity contribution is -0.134. The normalized spacial score (nSPS) is 10.7. The maximum absolute atomic E-state index is 11.9. The molecule has 0 amide bonds. The third-order valence-corrected chi connectivity index (χ3v) is 3.39. The van der Waals surface area contributed by atoms with Crippen molar-refractivity contribution in [2.24, 2.45) is 0 Å². The number of rotatable bonds is 10. The molecule has 23 heavy (non-hydrogen) atoms. The molecule has 1 radical (unpaired) electrons. The van der Waals surface area contributed by atoms with Crippen LogP contribution in [0.1, 0.15) is 54.4 Å². The lowest BCUT2D eigenvalue weighted by atomic mass is 10.1. The lowest BCUT2D eigenvalue weighted by Gasteiger charge is -2.05. The number of benzene rings is 1. The van der Waals surface area contributed by atoms with E-state index in [1.807, 2.05) is 0 Å². The van der Waals surface area contributed by atoms with Crippen molar-refractivity contribution in [3.63, 3.8) is 0 Å². The predicted molar refractivity (Wildman–Crippen MR) is 90.8 cm³/mol. The molecule has 0 aliphatic rings. The van der Waals surface area contributed by atoms with Crippen LogP contribution in [0.15, 0.2) is 30.3 Å². The van der Waals surface area contributed by atoms with Crippen LogP contribution >= 0.6 is 0 Å². The van der Waals surface area contributed by atoms with Crippen molar-refractivity contribution in [2.45, 2.75) is 38.5 Å². The SMILES string of the molecule is [CH2]CCCCCCCOC(=O)c1ccc(/C=C/C(=O)OC)cc1. The van der Waals surface area contributed by atoms with Crippen molar-refractivity contribution in [2.75, 3.05) is 13.7 Å².